The minimum Gasteiger partial charge on any atom is -0.478 e. The molecule has 0 amide bonds. The van der Waals surface area contributed by atoms with Crippen molar-refractivity contribution >= 4 is 16.7 Å². The van der Waals surface area contributed by atoms with E-state index in [9.17, 15) is 4.79 Å². The molecule has 0 spiro atoms. The molecule has 0 fully saturated rings. The van der Waals surface area contributed by atoms with E-state index in [1.165, 1.54) is 0 Å². The molecule has 0 aromatic heterocycles. The van der Waals surface area contributed by atoms with Crippen molar-refractivity contribution in [2.75, 3.05) is 0 Å². The summed E-state index contributed by atoms with van der Waals surface area (Å²) in [5.74, 6) is -0.881. The van der Waals surface area contributed by atoms with Crippen LogP contribution in [0.15, 0.2) is 36.4 Å². The summed E-state index contributed by atoms with van der Waals surface area (Å²) in [4.78, 5) is 10.7. The topological polar surface area (TPSA) is 37.3 Å². The maximum Gasteiger partial charge on any atom is 0.335 e. The van der Waals surface area contributed by atoms with Gasteiger partial charge in [-0.25, -0.2) is 4.79 Å². The normalized spacial score (nSPS) is 9.67. The smallest absolute Gasteiger partial charge is 0.335 e. The Balaban J connectivity index is 0.00000112. The van der Waals surface area contributed by atoms with E-state index in [0.717, 1.165) is 16.3 Å². The van der Waals surface area contributed by atoms with E-state index in [2.05, 4.69) is 0 Å². The number of benzene rings is 2. The van der Waals surface area contributed by atoms with Gasteiger partial charge < -0.3 is 5.11 Å². The molecule has 0 saturated carbocycles. The Bertz CT molecular complexity index is 506. The molecule has 0 aliphatic carbocycles. The van der Waals surface area contributed by atoms with Gasteiger partial charge in [0, 0.05) is 22.4 Å². The van der Waals surface area contributed by atoms with Crippen molar-refractivity contribution in [1.82, 2.24) is 0 Å². The van der Waals surface area contributed by atoms with Crippen molar-refractivity contribution in [3.8, 4) is 0 Å². The quantitative estimate of drug-likeness (QED) is 0.821. The first kappa shape index (κ1) is 12.0. The van der Waals surface area contributed by atoms with Crippen LogP contribution in [-0.4, -0.2) is 11.1 Å². The number of carbonyl (C=O) groups is 1. The zero-order valence-corrected chi connectivity index (χ0v) is 9.60. The number of rotatable bonds is 1. The average molecular weight is 294 g/mol. The molecule has 0 unspecified atom stereocenters. The molecule has 1 N–H and O–H groups in total. The maximum atomic E-state index is 10.7. The Morgan fingerprint density at radius 3 is 2.40 bits per heavy atom. The summed E-state index contributed by atoms with van der Waals surface area (Å²) in [6.07, 6.45) is 0. The molecule has 15 heavy (non-hydrogen) atoms. The van der Waals surface area contributed by atoms with Crippen molar-refractivity contribution in [3.63, 3.8) is 0 Å². The minimum absolute atomic E-state index is 0. The first-order chi connectivity index (χ1) is 6.66. The van der Waals surface area contributed by atoms with Crippen LogP contribution in [0.1, 0.15) is 15.9 Å². The second-order valence-corrected chi connectivity index (χ2v) is 3.37. The summed E-state index contributed by atoms with van der Waals surface area (Å²) in [6.45, 7) is 1.99. The predicted molar refractivity (Wildman–Crippen MR) is 55.6 cm³/mol. The van der Waals surface area contributed by atoms with E-state index in [1.807, 2.05) is 31.2 Å². The summed E-state index contributed by atoms with van der Waals surface area (Å²) in [7, 11) is 0. The zero-order valence-electron chi connectivity index (χ0n) is 8.12. The van der Waals surface area contributed by atoms with Crippen molar-refractivity contribution in [1.29, 1.82) is 0 Å². The molecule has 0 aliphatic rings. The van der Waals surface area contributed by atoms with Gasteiger partial charge in [0.2, 0.25) is 0 Å². The fraction of sp³-hybridized carbons (Fsp3) is 0.0833. The van der Waals surface area contributed by atoms with Gasteiger partial charge >= 0.3 is 5.97 Å². The van der Waals surface area contributed by atoms with Crippen LogP contribution in [0.4, 0.5) is 0 Å². The SMILES string of the molecule is Cc1ccc2ccc(C(=O)O)cc2c1.[Ag]. The van der Waals surface area contributed by atoms with E-state index in [4.69, 9.17) is 5.11 Å². The van der Waals surface area contributed by atoms with Gasteiger partial charge in [0.1, 0.15) is 0 Å². The first-order valence-electron chi connectivity index (χ1n) is 4.40. The summed E-state index contributed by atoms with van der Waals surface area (Å²) in [5.41, 5.74) is 1.48. The predicted octanol–water partition coefficient (Wildman–Crippen LogP) is 2.84. The van der Waals surface area contributed by atoms with Crippen LogP contribution in [0.5, 0.6) is 0 Å². The monoisotopic (exact) mass is 293 g/mol. The summed E-state index contributed by atoms with van der Waals surface area (Å²) < 4.78 is 0. The van der Waals surface area contributed by atoms with Gasteiger partial charge in [-0.1, -0.05) is 29.8 Å². The molecule has 0 bridgehead atoms. The third-order valence-corrected chi connectivity index (χ3v) is 2.24. The van der Waals surface area contributed by atoms with Crippen LogP contribution in [0.3, 0.4) is 0 Å². The Hall–Kier alpha value is -1.09. The molecule has 2 aromatic carbocycles. The molecule has 2 aromatic rings. The van der Waals surface area contributed by atoms with E-state index in [-0.39, 0.29) is 22.4 Å². The van der Waals surface area contributed by atoms with Crippen LogP contribution in [0, 0.1) is 6.92 Å². The number of fused-ring (bicyclic) bond motifs is 1. The Morgan fingerprint density at radius 1 is 1.07 bits per heavy atom. The van der Waals surface area contributed by atoms with Crippen LogP contribution in [-0.2, 0) is 22.4 Å². The molecule has 0 aliphatic heterocycles. The van der Waals surface area contributed by atoms with Gasteiger partial charge in [0.15, 0.2) is 0 Å². The van der Waals surface area contributed by atoms with Crippen molar-refractivity contribution < 1.29 is 32.3 Å². The second-order valence-electron chi connectivity index (χ2n) is 3.37. The molecular weight excluding hydrogens is 284 g/mol. The van der Waals surface area contributed by atoms with Crippen molar-refractivity contribution in [2.45, 2.75) is 6.92 Å². The van der Waals surface area contributed by atoms with Gasteiger partial charge in [-0.3, -0.25) is 0 Å². The molecular formula is C12H10AgO2. The summed E-state index contributed by atoms with van der Waals surface area (Å²) >= 11 is 0. The van der Waals surface area contributed by atoms with Crippen LogP contribution >= 0.6 is 0 Å². The van der Waals surface area contributed by atoms with Gasteiger partial charge in [0.05, 0.1) is 5.56 Å². The Morgan fingerprint density at radius 2 is 1.73 bits per heavy atom. The third kappa shape index (κ3) is 2.48. The molecule has 0 heterocycles. The van der Waals surface area contributed by atoms with Crippen molar-refractivity contribution in [2.24, 2.45) is 0 Å². The average Bonchev–Trinajstić information content (AvgIpc) is 2.16. The molecule has 81 valence electrons. The van der Waals surface area contributed by atoms with E-state index in [1.54, 1.807) is 12.1 Å². The number of carboxylic acids is 1. The van der Waals surface area contributed by atoms with Crippen LogP contribution < -0.4 is 0 Å². The van der Waals surface area contributed by atoms with Crippen LogP contribution in [0.2, 0.25) is 0 Å². The van der Waals surface area contributed by atoms with Gasteiger partial charge in [0.25, 0.3) is 0 Å². The third-order valence-electron chi connectivity index (χ3n) is 2.24. The van der Waals surface area contributed by atoms with Gasteiger partial charge in [-0.15, -0.1) is 0 Å². The molecule has 2 nitrogen and oxygen atoms in total. The van der Waals surface area contributed by atoms with Gasteiger partial charge in [-0.05, 0) is 29.8 Å². The maximum absolute atomic E-state index is 10.7. The van der Waals surface area contributed by atoms with Crippen molar-refractivity contribution in [3.05, 3.63) is 47.5 Å². The number of aryl methyl sites for hydroxylation is 1. The van der Waals surface area contributed by atoms with Gasteiger partial charge in [-0.2, -0.15) is 0 Å². The fourth-order valence-electron chi connectivity index (χ4n) is 1.50. The zero-order chi connectivity index (χ0) is 10.1. The Labute approximate surface area is 103 Å². The number of hydrogen-bond acceptors (Lipinski definition) is 1. The molecule has 3 heteroatoms. The largest absolute Gasteiger partial charge is 0.478 e. The molecule has 2 rings (SSSR count). The summed E-state index contributed by atoms with van der Waals surface area (Å²) in [5, 5.41) is 10.9. The Kier molecular flexibility index (Phi) is 3.69. The minimum atomic E-state index is -0.881. The van der Waals surface area contributed by atoms with E-state index >= 15 is 0 Å². The molecule has 0 atom stereocenters. The standard InChI is InChI=1S/C12H10O2.Ag/c1-8-2-3-9-4-5-10(12(13)14)7-11(9)6-8;/h2-7H,1H3,(H,13,14);. The van der Waals surface area contributed by atoms with E-state index in [0.29, 0.717) is 5.56 Å². The second kappa shape index (κ2) is 4.62. The number of hydrogen-bond donors (Lipinski definition) is 1. The fourth-order valence-corrected chi connectivity index (χ4v) is 1.50. The number of aromatic carboxylic acids is 1. The first-order valence-corrected chi connectivity index (χ1v) is 4.40. The number of carboxylic acid groups (broad SMARTS) is 1. The summed E-state index contributed by atoms with van der Waals surface area (Å²) in [6, 6.07) is 11.2. The van der Waals surface area contributed by atoms with E-state index < -0.39 is 5.97 Å². The molecule has 1 radical (unpaired) electrons. The molecule has 0 saturated heterocycles. The van der Waals surface area contributed by atoms with Crippen LogP contribution in [0.25, 0.3) is 10.8 Å².